The summed E-state index contributed by atoms with van der Waals surface area (Å²) < 4.78 is 17.0. The van der Waals surface area contributed by atoms with Crippen LogP contribution in [0.3, 0.4) is 0 Å². The number of pyridine rings is 1. The quantitative estimate of drug-likeness (QED) is 0.802. The number of amides is 1. The summed E-state index contributed by atoms with van der Waals surface area (Å²) in [6, 6.07) is 12.3. The van der Waals surface area contributed by atoms with Gasteiger partial charge in [0.05, 0.1) is 26.2 Å². The molecule has 0 radical (unpaired) electrons. The van der Waals surface area contributed by atoms with E-state index in [2.05, 4.69) is 9.35 Å². The van der Waals surface area contributed by atoms with Gasteiger partial charge in [-0.1, -0.05) is 18.2 Å². The second-order valence-electron chi connectivity index (χ2n) is 4.36. The number of benzene rings is 1. The molecule has 0 fully saturated rings. The average Bonchev–Trinajstić information content (AvgIpc) is 2.46. The highest BCUT2D eigenvalue weighted by Crippen LogP contribution is 2.35. The van der Waals surface area contributed by atoms with Gasteiger partial charge in [0, 0.05) is 11.1 Å². The molecule has 5 heteroatoms. The molecule has 1 aromatic heterocycles. The monoisotopic (exact) mass is 272 g/mol. The van der Waals surface area contributed by atoms with Crippen molar-refractivity contribution >= 4 is 15.6 Å². The van der Waals surface area contributed by atoms with Crippen molar-refractivity contribution in [3.63, 3.8) is 0 Å². The van der Waals surface area contributed by atoms with E-state index in [1.54, 1.807) is 49.5 Å². The lowest BCUT2D eigenvalue weighted by molar-refractivity contribution is 0.100. The van der Waals surface area contributed by atoms with E-state index in [1.165, 1.54) is 0 Å². The van der Waals surface area contributed by atoms with E-state index in [4.69, 9.17) is 0 Å². The number of aromatic nitrogens is 1. The first-order valence-corrected chi connectivity index (χ1v) is 7.51. The summed E-state index contributed by atoms with van der Waals surface area (Å²) in [7, 11) is -2.80. The number of hydrogen-bond acceptors (Lipinski definition) is 3. The fraction of sp³-hybridized carbons (Fsp3) is 0.143. The van der Waals surface area contributed by atoms with E-state index in [-0.39, 0.29) is 0 Å². The van der Waals surface area contributed by atoms with Crippen molar-refractivity contribution in [3.05, 3.63) is 59.9 Å². The molecule has 1 aromatic carbocycles. The zero-order valence-corrected chi connectivity index (χ0v) is 11.1. The van der Waals surface area contributed by atoms with Gasteiger partial charge in [-0.05, 0) is 31.2 Å². The van der Waals surface area contributed by atoms with Crippen LogP contribution >= 0.6 is 0 Å². The van der Waals surface area contributed by atoms with Crippen LogP contribution in [0, 0.1) is 0 Å². The zero-order chi connectivity index (χ0) is 13.5. The van der Waals surface area contributed by atoms with Gasteiger partial charge in [-0.15, -0.1) is 0 Å². The normalized spacial score (nSPS) is 25.5. The summed E-state index contributed by atoms with van der Waals surface area (Å²) in [6.07, 6.45) is 1.61. The third-order valence-corrected chi connectivity index (χ3v) is 5.80. The molecule has 2 atom stereocenters. The third kappa shape index (κ3) is 1.77. The van der Waals surface area contributed by atoms with Gasteiger partial charge in [0.1, 0.15) is 0 Å². The van der Waals surface area contributed by atoms with E-state index in [0.29, 0.717) is 16.2 Å². The molecule has 0 N–H and O–H groups in total. The number of fused-ring (bicyclic) bond motifs is 1. The van der Waals surface area contributed by atoms with Crippen molar-refractivity contribution < 1.29 is 9.00 Å². The highest BCUT2D eigenvalue weighted by molar-refractivity contribution is 7.94. The Morgan fingerprint density at radius 1 is 1.11 bits per heavy atom. The van der Waals surface area contributed by atoms with Crippen LogP contribution in [0.25, 0.3) is 0 Å². The van der Waals surface area contributed by atoms with E-state index in [9.17, 15) is 9.00 Å². The minimum Gasteiger partial charge on any atom is -0.266 e. The minimum atomic E-state index is -2.80. The second kappa shape index (κ2) is 4.28. The fourth-order valence-electron chi connectivity index (χ4n) is 2.20. The molecule has 0 bridgehead atoms. The van der Waals surface area contributed by atoms with Crippen molar-refractivity contribution in [3.8, 4) is 0 Å². The predicted octanol–water partition coefficient (Wildman–Crippen LogP) is 2.82. The molecule has 2 unspecified atom stereocenters. The number of rotatable bonds is 1. The SMILES string of the molecule is CC1c2ncccc2C(=O)N=S1(=O)c1ccccc1. The maximum absolute atomic E-state index is 13.1. The van der Waals surface area contributed by atoms with Crippen molar-refractivity contribution in [1.82, 2.24) is 4.98 Å². The van der Waals surface area contributed by atoms with E-state index in [0.717, 1.165) is 0 Å². The maximum atomic E-state index is 13.1. The molecule has 96 valence electrons. The van der Waals surface area contributed by atoms with Gasteiger partial charge in [-0.25, -0.2) is 4.21 Å². The Balaban J connectivity index is 2.26. The van der Waals surface area contributed by atoms with Crippen molar-refractivity contribution in [2.75, 3.05) is 0 Å². The predicted molar refractivity (Wildman–Crippen MR) is 72.3 cm³/mol. The summed E-state index contributed by atoms with van der Waals surface area (Å²) in [5.74, 6) is -0.449. The molecule has 0 saturated heterocycles. The molecular weight excluding hydrogens is 260 g/mol. The van der Waals surface area contributed by atoms with Crippen LogP contribution in [0.1, 0.15) is 28.2 Å². The molecule has 0 aliphatic carbocycles. The van der Waals surface area contributed by atoms with Gasteiger partial charge < -0.3 is 0 Å². The second-order valence-corrected chi connectivity index (χ2v) is 6.85. The Kier molecular flexibility index (Phi) is 2.71. The van der Waals surface area contributed by atoms with Crippen LogP contribution in [-0.2, 0) is 9.73 Å². The van der Waals surface area contributed by atoms with Crippen LogP contribution < -0.4 is 0 Å². The first kappa shape index (κ1) is 12.0. The molecule has 0 saturated carbocycles. The summed E-state index contributed by atoms with van der Waals surface area (Å²) >= 11 is 0. The first-order chi connectivity index (χ1) is 9.13. The van der Waals surface area contributed by atoms with Gasteiger partial charge in [-0.2, -0.15) is 4.36 Å². The van der Waals surface area contributed by atoms with Crippen molar-refractivity contribution in [1.29, 1.82) is 0 Å². The Morgan fingerprint density at radius 3 is 2.58 bits per heavy atom. The van der Waals surface area contributed by atoms with Crippen molar-refractivity contribution in [2.45, 2.75) is 17.1 Å². The molecule has 1 aliphatic rings. The Hall–Kier alpha value is -2.01. The Labute approximate surface area is 111 Å². The largest absolute Gasteiger partial charge is 0.287 e. The topological polar surface area (TPSA) is 59.4 Å². The van der Waals surface area contributed by atoms with E-state index >= 15 is 0 Å². The molecule has 1 amide bonds. The summed E-state index contributed by atoms with van der Waals surface area (Å²) in [4.78, 5) is 16.8. The summed E-state index contributed by atoms with van der Waals surface area (Å²) in [5, 5.41) is -0.399. The molecule has 4 nitrogen and oxygen atoms in total. The van der Waals surface area contributed by atoms with Crippen LogP contribution in [0.4, 0.5) is 0 Å². The number of carbonyl (C=O) groups is 1. The first-order valence-electron chi connectivity index (χ1n) is 5.93. The molecule has 2 aromatic rings. The lowest BCUT2D eigenvalue weighted by Gasteiger charge is -2.22. The lowest BCUT2D eigenvalue weighted by Crippen LogP contribution is -2.21. The van der Waals surface area contributed by atoms with Crippen molar-refractivity contribution in [2.24, 2.45) is 4.36 Å². The highest BCUT2D eigenvalue weighted by Gasteiger charge is 2.33. The standard InChI is InChI=1S/C14H12N2O2S/c1-10-13-12(8-5-9-15-13)14(17)16-19(10,18)11-6-3-2-4-7-11/h2-10H,1H3. The molecule has 19 heavy (non-hydrogen) atoms. The lowest BCUT2D eigenvalue weighted by atomic mass is 10.1. The van der Waals surface area contributed by atoms with Gasteiger partial charge in [0.15, 0.2) is 0 Å². The van der Waals surface area contributed by atoms with Gasteiger partial charge in [-0.3, -0.25) is 9.78 Å². The van der Waals surface area contributed by atoms with Gasteiger partial charge in [0.2, 0.25) is 0 Å². The fourth-order valence-corrected chi connectivity index (χ4v) is 4.25. The summed E-state index contributed by atoms with van der Waals surface area (Å²) in [6.45, 7) is 1.80. The molecular formula is C14H12N2O2S. The molecule has 2 heterocycles. The van der Waals surface area contributed by atoms with Crippen LogP contribution in [-0.4, -0.2) is 15.1 Å². The Bertz CT molecular complexity index is 762. The minimum absolute atomic E-state index is 0.399. The number of carbonyl (C=O) groups excluding carboxylic acids is 1. The third-order valence-electron chi connectivity index (χ3n) is 3.23. The summed E-state index contributed by atoms with van der Waals surface area (Å²) in [5.41, 5.74) is 1.02. The van der Waals surface area contributed by atoms with E-state index < -0.39 is 20.9 Å². The number of nitrogens with zero attached hydrogens (tertiary/aromatic N) is 2. The molecule has 1 aliphatic heterocycles. The van der Waals surface area contributed by atoms with E-state index in [1.807, 2.05) is 6.07 Å². The highest BCUT2D eigenvalue weighted by atomic mass is 32.2. The van der Waals surface area contributed by atoms with Gasteiger partial charge in [0.25, 0.3) is 5.91 Å². The van der Waals surface area contributed by atoms with Crippen LogP contribution in [0.15, 0.2) is 57.9 Å². The Morgan fingerprint density at radius 2 is 1.84 bits per heavy atom. The average molecular weight is 272 g/mol. The number of hydrogen-bond donors (Lipinski definition) is 0. The smallest absolute Gasteiger partial charge is 0.266 e. The van der Waals surface area contributed by atoms with Crippen LogP contribution in [0.5, 0.6) is 0 Å². The van der Waals surface area contributed by atoms with Crippen LogP contribution in [0.2, 0.25) is 0 Å². The van der Waals surface area contributed by atoms with Gasteiger partial charge >= 0.3 is 0 Å². The maximum Gasteiger partial charge on any atom is 0.287 e. The molecule has 0 spiro atoms. The molecule has 3 rings (SSSR count). The zero-order valence-electron chi connectivity index (χ0n) is 10.3.